The summed E-state index contributed by atoms with van der Waals surface area (Å²) in [5, 5.41) is 8.79. The van der Waals surface area contributed by atoms with E-state index in [0.29, 0.717) is 26.2 Å². The van der Waals surface area contributed by atoms with Crippen molar-refractivity contribution in [1.82, 2.24) is 9.80 Å². The van der Waals surface area contributed by atoms with E-state index in [-0.39, 0.29) is 24.8 Å². The lowest BCUT2D eigenvalue weighted by atomic mass is 9.96. The number of carboxylic acids is 1. The minimum Gasteiger partial charge on any atom is -0.481 e. The molecule has 3 amide bonds. The molecule has 2 heterocycles. The summed E-state index contributed by atoms with van der Waals surface area (Å²) in [5.74, 6) is -1.23. The van der Waals surface area contributed by atoms with Crippen LogP contribution in [-0.4, -0.2) is 71.7 Å². The Morgan fingerprint density at radius 3 is 2.62 bits per heavy atom. The molecule has 0 aromatic heterocycles. The van der Waals surface area contributed by atoms with Gasteiger partial charge in [0, 0.05) is 26.2 Å². The number of carbonyl (C=O) groups is 3. The highest BCUT2D eigenvalue weighted by atomic mass is 16.5. The summed E-state index contributed by atoms with van der Waals surface area (Å²) < 4.78 is 5.36. The number of hydrogen-bond acceptors (Lipinski definition) is 4. The van der Waals surface area contributed by atoms with Gasteiger partial charge in [0.15, 0.2) is 0 Å². The Labute approximate surface area is 122 Å². The number of hydrogen-bond donors (Lipinski definition) is 2. The molecule has 0 saturated carbocycles. The number of rotatable bonds is 3. The monoisotopic (exact) mass is 299 g/mol. The second-order valence-corrected chi connectivity index (χ2v) is 5.50. The minimum atomic E-state index is -0.938. The second kappa shape index (κ2) is 6.75. The van der Waals surface area contributed by atoms with E-state index in [1.54, 1.807) is 4.90 Å². The van der Waals surface area contributed by atoms with Crippen molar-refractivity contribution < 1.29 is 24.2 Å². The van der Waals surface area contributed by atoms with Gasteiger partial charge in [0.05, 0.1) is 25.0 Å². The number of ether oxygens (including phenoxy) is 1. The number of urea groups is 1. The summed E-state index contributed by atoms with van der Waals surface area (Å²) >= 11 is 0. The molecule has 2 atom stereocenters. The van der Waals surface area contributed by atoms with Crippen LogP contribution < -0.4 is 5.73 Å². The third kappa shape index (κ3) is 4.07. The zero-order valence-electron chi connectivity index (χ0n) is 11.9. The Bertz CT molecular complexity index is 428. The highest BCUT2D eigenvalue weighted by molar-refractivity contribution is 5.81. The first kappa shape index (κ1) is 15.6. The molecular formula is C13H21N3O5. The average Bonchev–Trinajstić information content (AvgIpc) is 2.46. The fraction of sp³-hybridized carbons (Fsp3) is 0.769. The molecule has 2 fully saturated rings. The average molecular weight is 299 g/mol. The zero-order valence-corrected chi connectivity index (χ0v) is 11.9. The van der Waals surface area contributed by atoms with Gasteiger partial charge in [-0.2, -0.15) is 0 Å². The Morgan fingerprint density at radius 1 is 1.19 bits per heavy atom. The summed E-state index contributed by atoms with van der Waals surface area (Å²) in [6.45, 7) is 2.02. The molecule has 2 unspecified atom stereocenters. The normalized spacial score (nSPS) is 26.5. The summed E-state index contributed by atoms with van der Waals surface area (Å²) in [6.07, 6.45) is 0.907. The molecule has 0 bridgehead atoms. The molecule has 2 aliphatic heterocycles. The third-order valence-electron chi connectivity index (χ3n) is 3.94. The van der Waals surface area contributed by atoms with E-state index in [2.05, 4.69) is 0 Å². The van der Waals surface area contributed by atoms with Crippen LogP contribution in [0.1, 0.15) is 19.3 Å². The maximum atomic E-state index is 12.5. The molecule has 8 heteroatoms. The zero-order chi connectivity index (χ0) is 15.4. The van der Waals surface area contributed by atoms with Crippen molar-refractivity contribution >= 4 is 17.9 Å². The lowest BCUT2D eigenvalue weighted by molar-refractivity contribution is -0.150. The maximum absolute atomic E-state index is 12.5. The molecule has 2 aliphatic rings. The van der Waals surface area contributed by atoms with E-state index >= 15 is 0 Å². The molecule has 21 heavy (non-hydrogen) atoms. The van der Waals surface area contributed by atoms with Crippen LogP contribution in [0.5, 0.6) is 0 Å². The highest BCUT2D eigenvalue weighted by Gasteiger charge is 2.33. The van der Waals surface area contributed by atoms with Gasteiger partial charge >= 0.3 is 12.0 Å². The van der Waals surface area contributed by atoms with E-state index in [0.717, 1.165) is 12.8 Å². The van der Waals surface area contributed by atoms with Crippen molar-refractivity contribution in [2.75, 3.05) is 32.8 Å². The van der Waals surface area contributed by atoms with Crippen molar-refractivity contribution in [3.8, 4) is 0 Å². The first-order valence-electron chi connectivity index (χ1n) is 7.14. The molecule has 2 rings (SSSR count). The van der Waals surface area contributed by atoms with Gasteiger partial charge in [0.25, 0.3) is 0 Å². The fourth-order valence-electron chi connectivity index (χ4n) is 2.87. The van der Waals surface area contributed by atoms with E-state index < -0.39 is 18.1 Å². The summed E-state index contributed by atoms with van der Waals surface area (Å²) in [7, 11) is 0. The largest absolute Gasteiger partial charge is 0.481 e. The standard InChI is InChI=1S/C13H21N3O5/c14-13(20)16-3-1-2-9(7-16)12(19)15-4-5-21-10(8-15)6-11(17)18/h9-10H,1-8H2,(H2,14,20)(H,17,18). The highest BCUT2D eigenvalue weighted by Crippen LogP contribution is 2.20. The van der Waals surface area contributed by atoms with Gasteiger partial charge in [-0.05, 0) is 12.8 Å². The molecule has 3 N–H and O–H groups in total. The first-order valence-corrected chi connectivity index (χ1v) is 7.14. The van der Waals surface area contributed by atoms with E-state index in [1.807, 2.05) is 0 Å². The van der Waals surface area contributed by atoms with Gasteiger partial charge in [0.2, 0.25) is 5.91 Å². The summed E-state index contributed by atoms with van der Waals surface area (Å²) in [4.78, 5) is 37.6. The number of amides is 3. The van der Waals surface area contributed by atoms with Crippen LogP contribution in [-0.2, 0) is 14.3 Å². The molecule has 0 aromatic rings. The van der Waals surface area contributed by atoms with Crippen LogP contribution in [0, 0.1) is 5.92 Å². The van der Waals surface area contributed by atoms with Crippen molar-refractivity contribution in [1.29, 1.82) is 0 Å². The lowest BCUT2D eigenvalue weighted by Crippen LogP contribution is -2.52. The number of carbonyl (C=O) groups excluding carboxylic acids is 2. The molecule has 2 saturated heterocycles. The number of carboxylic acid groups (broad SMARTS) is 1. The number of aliphatic carboxylic acids is 1. The number of primary amides is 1. The number of piperidine rings is 1. The fourth-order valence-corrected chi connectivity index (χ4v) is 2.87. The minimum absolute atomic E-state index is 0.0420. The van der Waals surface area contributed by atoms with Crippen molar-refractivity contribution in [2.24, 2.45) is 11.7 Å². The van der Waals surface area contributed by atoms with Gasteiger partial charge in [-0.15, -0.1) is 0 Å². The summed E-state index contributed by atoms with van der Waals surface area (Å²) in [6, 6.07) is -0.502. The Kier molecular flexibility index (Phi) is 5.00. The van der Waals surface area contributed by atoms with Crippen LogP contribution in [0.4, 0.5) is 4.79 Å². The van der Waals surface area contributed by atoms with Gasteiger partial charge in [-0.3, -0.25) is 9.59 Å². The number of morpholine rings is 1. The van der Waals surface area contributed by atoms with Crippen molar-refractivity contribution in [3.63, 3.8) is 0 Å². The number of likely N-dealkylation sites (tertiary alicyclic amines) is 1. The van der Waals surface area contributed by atoms with Crippen LogP contribution in [0.25, 0.3) is 0 Å². The molecule has 8 nitrogen and oxygen atoms in total. The van der Waals surface area contributed by atoms with Crippen LogP contribution >= 0.6 is 0 Å². The summed E-state index contributed by atoms with van der Waals surface area (Å²) in [5.41, 5.74) is 5.26. The molecule has 118 valence electrons. The molecule has 0 radical (unpaired) electrons. The third-order valence-corrected chi connectivity index (χ3v) is 3.94. The van der Waals surface area contributed by atoms with E-state index in [4.69, 9.17) is 15.6 Å². The maximum Gasteiger partial charge on any atom is 0.314 e. The Hall–Kier alpha value is -1.83. The van der Waals surface area contributed by atoms with Crippen LogP contribution in [0.2, 0.25) is 0 Å². The molecule has 0 aromatic carbocycles. The molecule has 0 spiro atoms. The SMILES string of the molecule is NC(=O)N1CCCC(C(=O)N2CCOC(CC(=O)O)C2)C1. The van der Waals surface area contributed by atoms with Gasteiger partial charge in [0.1, 0.15) is 0 Å². The van der Waals surface area contributed by atoms with Crippen molar-refractivity contribution in [3.05, 3.63) is 0 Å². The van der Waals surface area contributed by atoms with Crippen LogP contribution in [0.3, 0.4) is 0 Å². The molecule has 0 aliphatic carbocycles. The Balaban J connectivity index is 1.92. The van der Waals surface area contributed by atoms with E-state index in [1.165, 1.54) is 4.90 Å². The smallest absolute Gasteiger partial charge is 0.314 e. The topological polar surface area (TPSA) is 113 Å². The predicted molar refractivity (Wildman–Crippen MR) is 72.5 cm³/mol. The lowest BCUT2D eigenvalue weighted by Gasteiger charge is -2.37. The van der Waals surface area contributed by atoms with E-state index in [9.17, 15) is 14.4 Å². The van der Waals surface area contributed by atoms with Crippen LogP contribution in [0.15, 0.2) is 0 Å². The van der Waals surface area contributed by atoms with Crippen molar-refractivity contribution in [2.45, 2.75) is 25.4 Å². The predicted octanol–water partition coefficient (Wildman–Crippen LogP) is -0.521. The molecular weight excluding hydrogens is 278 g/mol. The van der Waals surface area contributed by atoms with Gasteiger partial charge in [-0.1, -0.05) is 0 Å². The van der Waals surface area contributed by atoms with Gasteiger partial charge < -0.3 is 25.4 Å². The first-order chi connectivity index (χ1) is 9.97. The quantitative estimate of drug-likeness (QED) is 0.728. The second-order valence-electron chi connectivity index (χ2n) is 5.50. The Morgan fingerprint density at radius 2 is 1.95 bits per heavy atom. The number of nitrogens with zero attached hydrogens (tertiary/aromatic N) is 2. The van der Waals surface area contributed by atoms with Gasteiger partial charge in [-0.25, -0.2) is 4.79 Å². The number of nitrogens with two attached hydrogens (primary N) is 1.